The van der Waals surface area contributed by atoms with Crippen LogP contribution in [-0.2, 0) is 10.0 Å². The first-order chi connectivity index (χ1) is 9.44. The van der Waals surface area contributed by atoms with Crippen molar-refractivity contribution >= 4 is 37.6 Å². The fourth-order valence-corrected chi connectivity index (χ4v) is 5.12. The molecule has 7 heteroatoms. The van der Waals surface area contributed by atoms with Gasteiger partial charge in [0.2, 0.25) is 10.0 Å². The second kappa shape index (κ2) is 6.73. The fraction of sp³-hybridized carbons (Fsp3) is 0.538. The van der Waals surface area contributed by atoms with Crippen LogP contribution < -0.4 is 4.72 Å². The van der Waals surface area contributed by atoms with Gasteiger partial charge in [0, 0.05) is 11.4 Å². The van der Waals surface area contributed by atoms with Gasteiger partial charge in [-0.25, -0.2) is 17.5 Å². The molecule has 0 radical (unpaired) electrons. The molecule has 0 saturated heterocycles. The average molecular weight is 385 g/mol. The van der Waals surface area contributed by atoms with Crippen LogP contribution in [0, 0.1) is 11.7 Å². The molecule has 0 amide bonds. The summed E-state index contributed by atoms with van der Waals surface area (Å²) >= 11 is 9.29. The number of alkyl halides is 1. The molecule has 112 valence electrons. The third kappa shape index (κ3) is 3.72. The second-order valence-electron chi connectivity index (χ2n) is 5.00. The van der Waals surface area contributed by atoms with Crippen LogP contribution in [0.3, 0.4) is 0 Å². The van der Waals surface area contributed by atoms with Gasteiger partial charge in [-0.05, 0) is 37.0 Å². The van der Waals surface area contributed by atoms with Crippen molar-refractivity contribution in [2.45, 2.75) is 36.6 Å². The number of rotatable bonds is 4. The molecule has 1 N–H and O–H groups in total. The van der Waals surface area contributed by atoms with Gasteiger partial charge in [0.25, 0.3) is 0 Å². The van der Waals surface area contributed by atoms with Gasteiger partial charge in [0.15, 0.2) is 0 Å². The number of benzene rings is 1. The summed E-state index contributed by atoms with van der Waals surface area (Å²) in [5, 5.41) is 0.780. The lowest BCUT2D eigenvalue weighted by Gasteiger charge is -2.30. The number of sulfonamides is 1. The molecule has 1 aliphatic rings. The van der Waals surface area contributed by atoms with E-state index in [1.54, 1.807) is 0 Å². The molecule has 20 heavy (non-hydrogen) atoms. The van der Waals surface area contributed by atoms with Crippen molar-refractivity contribution < 1.29 is 12.8 Å². The maximum absolute atomic E-state index is 13.2. The third-order valence-electron chi connectivity index (χ3n) is 3.60. The first-order valence-corrected chi connectivity index (χ1v) is 9.45. The molecular formula is C13H16BrClFNO2S. The predicted octanol–water partition coefficient (Wildman–Crippen LogP) is 3.71. The van der Waals surface area contributed by atoms with Crippen molar-refractivity contribution in [1.82, 2.24) is 4.72 Å². The highest BCUT2D eigenvalue weighted by molar-refractivity contribution is 9.09. The topological polar surface area (TPSA) is 46.2 Å². The Hall–Kier alpha value is -0.170. The Labute approximate surface area is 132 Å². The van der Waals surface area contributed by atoms with Gasteiger partial charge in [-0.15, -0.1) is 0 Å². The lowest BCUT2D eigenvalue weighted by atomic mass is 9.87. The number of hydrogen-bond acceptors (Lipinski definition) is 2. The zero-order valence-electron chi connectivity index (χ0n) is 10.8. The minimum atomic E-state index is -3.80. The summed E-state index contributed by atoms with van der Waals surface area (Å²) in [5.41, 5.74) is 0. The maximum atomic E-state index is 13.2. The molecule has 0 bridgehead atoms. The van der Waals surface area contributed by atoms with Gasteiger partial charge in [0.05, 0.1) is 5.02 Å². The number of halogens is 3. The van der Waals surface area contributed by atoms with Crippen molar-refractivity contribution in [2.24, 2.45) is 5.92 Å². The lowest BCUT2D eigenvalue weighted by Crippen LogP contribution is -2.42. The van der Waals surface area contributed by atoms with Gasteiger partial charge in [-0.2, -0.15) is 0 Å². The Morgan fingerprint density at radius 1 is 1.35 bits per heavy atom. The van der Waals surface area contributed by atoms with E-state index in [1.807, 2.05) is 0 Å². The van der Waals surface area contributed by atoms with E-state index in [-0.39, 0.29) is 21.9 Å². The minimum Gasteiger partial charge on any atom is -0.208 e. The monoisotopic (exact) mass is 383 g/mol. The van der Waals surface area contributed by atoms with E-state index in [0.717, 1.165) is 43.1 Å². The van der Waals surface area contributed by atoms with Crippen LogP contribution in [0.2, 0.25) is 5.02 Å². The first kappa shape index (κ1) is 16.2. The van der Waals surface area contributed by atoms with Gasteiger partial charge < -0.3 is 0 Å². The van der Waals surface area contributed by atoms with Gasteiger partial charge in [-0.1, -0.05) is 40.4 Å². The Bertz CT molecular complexity index is 582. The summed E-state index contributed by atoms with van der Waals surface area (Å²) < 4.78 is 40.6. The predicted molar refractivity (Wildman–Crippen MR) is 81.3 cm³/mol. The molecule has 2 atom stereocenters. The number of nitrogens with one attached hydrogen (secondary N) is 1. The van der Waals surface area contributed by atoms with Crippen LogP contribution in [0.4, 0.5) is 4.39 Å². The molecule has 3 nitrogen and oxygen atoms in total. The van der Waals surface area contributed by atoms with Crippen molar-refractivity contribution in [3.8, 4) is 0 Å². The van der Waals surface area contributed by atoms with Gasteiger partial charge in [0.1, 0.15) is 10.7 Å². The number of hydrogen-bond donors (Lipinski definition) is 1. The molecule has 0 heterocycles. The summed E-state index contributed by atoms with van der Waals surface area (Å²) in [6.45, 7) is 0. The van der Waals surface area contributed by atoms with Crippen molar-refractivity contribution in [1.29, 1.82) is 0 Å². The van der Waals surface area contributed by atoms with Crippen LogP contribution in [-0.4, -0.2) is 19.8 Å². The molecule has 1 saturated carbocycles. The third-order valence-corrected chi connectivity index (χ3v) is 6.40. The molecule has 1 aromatic rings. The van der Waals surface area contributed by atoms with E-state index in [1.165, 1.54) is 6.07 Å². The largest absolute Gasteiger partial charge is 0.242 e. The highest BCUT2D eigenvalue weighted by Crippen LogP contribution is 2.29. The zero-order chi connectivity index (χ0) is 14.8. The molecule has 0 aliphatic heterocycles. The van der Waals surface area contributed by atoms with Crippen LogP contribution in [0.5, 0.6) is 0 Å². The Morgan fingerprint density at radius 3 is 2.75 bits per heavy atom. The molecular weight excluding hydrogens is 369 g/mol. The lowest BCUT2D eigenvalue weighted by molar-refractivity contribution is 0.316. The Balaban J connectivity index is 2.24. The van der Waals surface area contributed by atoms with Crippen LogP contribution in [0.1, 0.15) is 25.7 Å². The Kier molecular flexibility index (Phi) is 5.45. The summed E-state index contributed by atoms with van der Waals surface area (Å²) in [7, 11) is -3.80. The van der Waals surface area contributed by atoms with Gasteiger partial charge in [-0.3, -0.25) is 0 Å². The summed E-state index contributed by atoms with van der Waals surface area (Å²) in [4.78, 5) is -0.196. The molecule has 2 unspecified atom stereocenters. The normalized spacial score (nSPS) is 23.8. The summed E-state index contributed by atoms with van der Waals surface area (Å²) in [6.07, 6.45) is 3.88. The quantitative estimate of drug-likeness (QED) is 0.804. The second-order valence-corrected chi connectivity index (χ2v) is 7.74. The van der Waals surface area contributed by atoms with Crippen molar-refractivity contribution in [3.05, 3.63) is 29.0 Å². The fourth-order valence-electron chi connectivity index (χ4n) is 2.49. The van der Waals surface area contributed by atoms with Crippen molar-refractivity contribution in [2.75, 3.05) is 5.33 Å². The summed E-state index contributed by atoms with van der Waals surface area (Å²) in [5.74, 6) is -0.360. The van der Waals surface area contributed by atoms with Crippen LogP contribution in [0.15, 0.2) is 23.1 Å². The molecule has 0 spiro atoms. The molecule has 0 aromatic heterocycles. The molecule has 1 aromatic carbocycles. The zero-order valence-corrected chi connectivity index (χ0v) is 13.9. The van der Waals surface area contributed by atoms with E-state index in [0.29, 0.717) is 0 Å². The minimum absolute atomic E-state index is 0.0325. The van der Waals surface area contributed by atoms with E-state index >= 15 is 0 Å². The molecule has 1 fully saturated rings. The van der Waals surface area contributed by atoms with Crippen LogP contribution >= 0.6 is 27.5 Å². The smallest absolute Gasteiger partial charge is 0.208 e. The highest BCUT2D eigenvalue weighted by atomic mass is 79.9. The summed E-state index contributed by atoms with van der Waals surface area (Å²) in [6, 6.07) is 3.22. The van der Waals surface area contributed by atoms with Crippen molar-refractivity contribution in [3.63, 3.8) is 0 Å². The highest BCUT2D eigenvalue weighted by Gasteiger charge is 2.29. The molecule has 2 rings (SSSR count). The van der Waals surface area contributed by atoms with E-state index in [2.05, 4.69) is 20.7 Å². The average Bonchev–Trinajstić information content (AvgIpc) is 2.41. The van der Waals surface area contributed by atoms with E-state index in [9.17, 15) is 12.8 Å². The standard InChI is InChI=1S/C13H16BrClFNO2S/c14-8-9-3-1-2-4-12(9)17-20(18,19)13-7-10(16)5-6-11(13)15/h5-7,9,12,17H,1-4,8H2. The first-order valence-electron chi connectivity index (χ1n) is 6.47. The Morgan fingerprint density at radius 2 is 2.05 bits per heavy atom. The van der Waals surface area contributed by atoms with Gasteiger partial charge >= 0.3 is 0 Å². The van der Waals surface area contributed by atoms with E-state index < -0.39 is 15.8 Å². The molecule has 1 aliphatic carbocycles. The SMILES string of the molecule is O=S(=O)(NC1CCCCC1CBr)c1cc(F)ccc1Cl. The van der Waals surface area contributed by atoms with E-state index in [4.69, 9.17) is 11.6 Å². The van der Waals surface area contributed by atoms with Crippen LogP contribution in [0.25, 0.3) is 0 Å². The maximum Gasteiger partial charge on any atom is 0.242 e.